The van der Waals surface area contributed by atoms with Gasteiger partial charge in [0, 0.05) is 13.2 Å². The summed E-state index contributed by atoms with van der Waals surface area (Å²) >= 11 is 3.46. The fourth-order valence-electron chi connectivity index (χ4n) is 2.49. The maximum Gasteiger partial charge on any atom is 0.316 e. The first-order chi connectivity index (χ1) is 9.14. The van der Waals surface area contributed by atoms with Crippen molar-refractivity contribution in [3.8, 4) is 5.75 Å². The van der Waals surface area contributed by atoms with Gasteiger partial charge in [-0.15, -0.1) is 0 Å². The maximum absolute atomic E-state index is 12.2. The van der Waals surface area contributed by atoms with Crippen LogP contribution in [0.15, 0.2) is 22.7 Å². The molecule has 5 heteroatoms. The Balaban J connectivity index is 2.43. The summed E-state index contributed by atoms with van der Waals surface area (Å²) in [6.45, 7) is 1.14. The Hall–Kier alpha value is -1.07. The molecule has 0 atom stereocenters. The molecule has 0 N–H and O–H groups in total. The molecule has 0 aromatic heterocycles. The van der Waals surface area contributed by atoms with E-state index in [-0.39, 0.29) is 5.97 Å². The van der Waals surface area contributed by atoms with E-state index >= 15 is 0 Å². The predicted octanol–water partition coefficient (Wildman–Crippen LogP) is 2.68. The van der Waals surface area contributed by atoms with Gasteiger partial charge < -0.3 is 14.2 Å². The molecule has 0 unspecified atom stereocenters. The zero-order valence-electron chi connectivity index (χ0n) is 11.1. The number of esters is 1. The van der Waals surface area contributed by atoms with Gasteiger partial charge in [0.05, 0.1) is 24.1 Å². The number of carbonyl (C=O) groups excluding carboxylic acids is 1. The molecule has 1 aliphatic rings. The first kappa shape index (κ1) is 14.3. The molecule has 2 rings (SSSR count). The molecule has 1 fully saturated rings. The van der Waals surface area contributed by atoms with Crippen molar-refractivity contribution in [3.63, 3.8) is 0 Å². The van der Waals surface area contributed by atoms with Gasteiger partial charge in [0.15, 0.2) is 0 Å². The second kappa shape index (κ2) is 5.92. The van der Waals surface area contributed by atoms with Crippen LogP contribution < -0.4 is 4.74 Å². The molecule has 0 saturated carbocycles. The lowest BCUT2D eigenvalue weighted by atomic mass is 9.74. The Morgan fingerprint density at radius 1 is 1.32 bits per heavy atom. The molecule has 104 valence electrons. The normalized spacial score (nSPS) is 17.8. The molecule has 0 aliphatic carbocycles. The summed E-state index contributed by atoms with van der Waals surface area (Å²) in [5.41, 5.74) is 0.331. The van der Waals surface area contributed by atoms with Crippen LogP contribution in [-0.2, 0) is 19.7 Å². The van der Waals surface area contributed by atoms with Gasteiger partial charge in [-0.25, -0.2) is 0 Å². The summed E-state index contributed by atoms with van der Waals surface area (Å²) in [7, 11) is 3.04. The third-order valence-corrected chi connectivity index (χ3v) is 4.25. The molecule has 0 radical (unpaired) electrons. The quantitative estimate of drug-likeness (QED) is 0.800. The van der Waals surface area contributed by atoms with Gasteiger partial charge in [-0.05, 0) is 46.5 Å². The number of hydrogen-bond donors (Lipinski definition) is 0. The van der Waals surface area contributed by atoms with Crippen LogP contribution in [0.4, 0.5) is 0 Å². The third kappa shape index (κ3) is 2.62. The highest BCUT2D eigenvalue weighted by Gasteiger charge is 2.43. The van der Waals surface area contributed by atoms with Crippen molar-refractivity contribution in [1.29, 1.82) is 0 Å². The zero-order valence-corrected chi connectivity index (χ0v) is 12.7. The Bertz CT molecular complexity index is 467. The van der Waals surface area contributed by atoms with E-state index in [1.807, 2.05) is 18.2 Å². The van der Waals surface area contributed by atoms with Gasteiger partial charge >= 0.3 is 5.97 Å². The lowest BCUT2D eigenvalue weighted by molar-refractivity contribution is -0.151. The first-order valence-corrected chi connectivity index (χ1v) is 6.93. The molecule has 19 heavy (non-hydrogen) atoms. The van der Waals surface area contributed by atoms with Crippen LogP contribution in [0.5, 0.6) is 5.75 Å². The van der Waals surface area contributed by atoms with Gasteiger partial charge in [-0.3, -0.25) is 4.79 Å². The van der Waals surface area contributed by atoms with Gasteiger partial charge in [0.1, 0.15) is 5.75 Å². The van der Waals surface area contributed by atoms with E-state index in [2.05, 4.69) is 15.9 Å². The minimum atomic E-state index is -0.609. The van der Waals surface area contributed by atoms with Crippen LogP contribution in [0.1, 0.15) is 18.4 Å². The lowest BCUT2D eigenvalue weighted by Gasteiger charge is -2.35. The van der Waals surface area contributed by atoms with Crippen LogP contribution in [0, 0.1) is 0 Å². The monoisotopic (exact) mass is 328 g/mol. The predicted molar refractivity (Wildman–Crippen MR) is 74.4 cm³/mol. The van der Waals surface area contributed by atoms with Crippen molar-refractivity contribution >= 4 is 21.9 Å². The van der Waals surface area contributed by atoms with Crippen LogP contribution in [0.2, 0.25) is 0 Å². The molecule has 4 nitrogen and oxygen atoms in total. The Labute approximate surface area is 121 Å². The molecule has 1 aliphatic heterocycles. The third-order valence-electron chi connectivity index (χ3n) is 3.63. The Morgan fingerprint density at radius 3 is 2.53 bits per heavy atom. The van der Waals surface area contributed by atoms with Gasteiger partial charge in [-0.2, -0.15) is 0 Å². The summed E-state index contributed by atoms with van der Waals surface area (Å²) in [5.74, 6) is 0.545. The summed E-state index contributed by atoms with van der Waals surface area (Å²) < 4.78 is 16.4. The lowest BCUT2D eigenvalue weighted by Crippen LogP contribution is -2.42. The highest BCUT2D eigenvalue weighted by Crippen LogP contribution is 2.39. The van der Waals surface area contributed by atoms with Gasteiger partial charge in [-0.1, -0.05) is 6.07 Å². The van der Waals surface area contributed by atoms with Crippen LogP contribution >= 0.6 is 15.9 Å². The van der Waals surface area contributed by atoms with Crippen molar-refractivity contribution in [3.05, 3.63) is 28.2 Å². The highest BCUT2D eigenvalue weighted by molar-refractivity contribution is 9.10. The first-order valence-electron chi connectivity index (χ1n) is 6.14. The molecule has 0 amide bonds. The SMILES string of the molecule is COC(=O)C1(c2ccc(OC)c(Br)c2)CCOCC1. The number of carbonyl (C=O) groups is 1. The number of methoxy groups -OCH3 is 2. The van der Waals surface area contributed by atoms with Crippen molar-refractivity contribution in [2.24, 2.45) is 0 Å². The summed E-state index contributed by atoms with van der Waals surface area (Å²) in [4.78, 5) is 12.2. The van der Waals surface area contributed by atoms with Gasteiger partial charge in [0.2, 0.25) is 0 Å². The fraction of sp³-hybridized carbons (Fsp3) is 0.500. The van der Waals surface area contributed by atoms with Crippen LogP contribution in [0.3, 0.4) is 0 Å². The molecule has 1 aromatic rings. The smallest absolute Gasteiger partial charge is 0.316 e. The van der Waals surface area contributed by atoms with E-state index in [9.17, 15) is 4.79 Å². The minimum Gasteiger partial charge on any atom is -0.496 e. The standard InChI is InChI=1S/C14H17BrO4/c1-17-12-4-3-10(9-11(12)15)14(13(16)18-2)5-7-19-8-6-14/h3-4,9H,5-8H2,1-2H3. The summed E-state index contributed by atoms with van der Waals surface area (Å²) in [5, 5.41) is 0. The summed E-state index contributed by atoms with van der Waals surface area (Å²) in [6.07, 6.45) is 1.27. The van der Waals surface area contributed by atoms with Crippen molar-refractivity contribution < 1.29 is 19.0 Å². The maximum atomic E-state index is 12.2. The number of halogens is 1. The molecular weight excluding hydrogens is 312 g/mol. The molecule has 1 heterocycles. The largest absolute Gasteiger partial charge is 0.496 e. The van der Waals surface area contributed by atoms with E-state index in [4.69, 9.17) is 14.2 Å². The fourth-order valence-corrected chi connectivity index (χ4v) is 3.03. The topological polar surface area (TPSA) is 44.8 Å². The van der Waals surface area contributed by atoms with E-state index in [1.54, 1.807) is 7.11 Å². The molecule has 0 spiro atoms. The van der Waals surface area contributed by atoms with E-state index in [1.165, 1.54) is 7.11 Å². The Morgan fingerprint density at radius 2 is 2.00 bits per heavy atom. The highest BCUT2D eigenvalue weighted by atomic mass is 79.9. The molecule has 1 saturated heterocycles. The summed E-state index contributed by atoms with van der Waals surface area (Å²) in [6, 6.07) is 5.71. The van der Waals surface area contributed by atoms with E-state index in [0.29, 0.717) is 26.1 Å². The van der Waals surface area contributed by atoms with E-state index in [0.717, 1.165) is 15.8 Å². The van der Waals surface area contributed by atoms with Gasteiger partial charge in [0.25, 0.3) is 0 Å². The second-order valence-corrected chi connectivity index (χ2v) is 5.39. The molecule has 0 bridgehead atoms. The van der Waals surface area contributed by atoms with Crippen LogP contribution in [0.25, 0.3) is 0 Å². The molecular formula is C14H17BrO4. The number of ether oxygens (including phenoxy) is 3. The average Bonchev–Trinajstić information content (AvgIpc) is 2.47. The van der Waals surface area contributed by atoms with Crippen molar-refractivity contribution in [1.82, 2.24) is 0 Å². The van der Waals surface area contributed by atoms with Crippen molar-refractivity contribution in [2.45, 2.75) is 18.3 Å². The van der Waals surface area contributed by atoms with Crippen LogP contribution in [-0.4, -0.2) is 33.4 Å². The molecule has 1 aromatic carbocycles. The minimum absolute atomic E-state index is 0.201. The van der Waals surface area contributed by atoms with E-state index < -0.39 is 5.41 Å². The average molecular weight is 329 g/mol. The number of hydrogen-bond acceptors (Lipinski definition) is 4. The number of benzene rings is 1. The second-order valence-electron chi connectivity index (χ2n) is 4.54. The number of rotatable bonds is 3. The van der Waals surface area contributed by atoms with Crippen molar-refractivity contribution in [2.75, 3.05) is 27.4 Å². The zero-order chi connectivity index (χ0) is 13.9. The Kier molecular flexibility index (Phi) is 4.47.